The van der Waals surface area contributed by atoms with Gasteiger partial charge in [0.15, 0.2) is 0 Å². The predicted molar refractivity (Wildman–Crippen MR) is 84.5 cm³/mol. The molecule has 0 aromatic carbocycles. The fourth-order valence-electron chi connectivity index (χ4n) is 3.01. The van der Waals surface area contributed by atoms with Crippen molar-refractivity contribution in [3.8, 4) is 0 Å². The third kappa shape index (κ3) is 3.63. The lowest BCUT2D eigenvalue weighted by molar-refractivity contribution is -0.00639. The van der Waals surface area contributed by atoms with E-state index in [0.29, 0.717) is 6.10 Å². The summed E-state index contributed by atoms with van der Waals surface area (Å²) in [7, 11) is 0. The summed E-state index contributed by atoms with van der Waals surface area (Å²) in [4.78, 5) is 7.15. The molecular weight excluding hydrogens is 262 g/mol. The number of aryl methyl sites for hydroxylation is 1. The van der Waals surface area contributed by atoms with Crippen LogP contribution in [0.25, 0.3) is 5.65 Å². The number of aromatic nitrogens is 2. The Labute approximate surface area is 126 Å². The molecule has 2 aromatic rings. The molecule has 1 fully saturated rings. The second-order valence-electron chi connectivity index (χ2n) is 6.02. The van der Waals surface area contributed by atoms with Gasteiger partial charge in [-0.25, -0.2) is 4.98 Å². The zero-order valence-corrected chi connectivity index (χ0v) is 13.1. The summed E-state index contributed by atoms with van der Waals surface area (Å²) in [6.07, 6.45) is 8.39. The summed E-state index contributed by atoms with van der Waals surface area (Å²) in [5.74, 6) is 0. The van der Waals surface area contributed by atoms with Gasteiger partial charge in [0.1, 0.15) is 5.65 Å². The van der Waals surface area contributed by atoms with Gasteiger partial charge in [-0.3, -0.25) is 4.90 Å². The molecule has 0 radical (unpaired) electrons. The molecule has 0 bridgehead atoms. The molecule has 1 aliphatic rings. The van der Waals surface area contributed by atoms with Crippen LogP contribution in [0, 0.1) is 6.92 Å². The quantitative estimate of drug-likeness (QED) is 0.846. The molecule has 3 heterocycles. The normalized spacial score (nSPS) is 19.5. The van der Waals surface area contributed by atoms with E-state index in [1.165, 1.54) is 24.8 Å². The molecule has 0 unspecified atom stereocenters. The Morgan fingerprint density at radius 1 is 1.33 bits per heavy atom. The van der Waals surface area contributed by atoms with E-state index in [2.05, 4.69) is 47.7 Å². The zero-order chi connectivity index (χ0) is 14.7. The largest absolute Gasteiger partial charge is 0.377 e. The van der Waals surface area contributed by atoms with Crippen LogP contribution >= 0.6 is 0 Å². The average molecular weight is 287 g/mol. The van der Waals surface area contributed by atoms with Gasteiger partial charge in [0.2, 0.25) is 0 Å². The van der Waals surface area contributed by atoms with Crippen molar-refractivity contribution in [3.63, 3.8) is 0 Å². The van der Waals surface area contributed by atoms with E-state index in [-0.39, 0.29) is 0 Å². The van der Waals surface area contributed by atoms with Crippen molar-refractivity contribution < 1.29 is 4.74 Å². The molecule has 4 heteroatoms. The highest BCUT2D eigenvalue weighted by Gasteiger charge is 2.17. The molecule has 0 amide bonds. The van der Waals surface area contributed by atoms with Crippen LogP contribution in [-0.4, -0.2) is 40.1 Å². The summed E-state index contributed by atoms with van der Waals surface area (Å²) >= 11 is 0. The second-order valence-corrected chi connectivity index (χ2v) is 6.02. The van der Waals surface area contributed by atoms with E-state index in [1.54, 1.807) is 0 Å². The van der Waals surface area contributed by atoms with Crippen molar-refractivity contribution in [2.75, 3.05) is 19.7 Å². The fraction of sp³-hybridized carbons (Fsp3) is 0.588. The van der Waals surface area contributed by atoms with Crippen LogP contribution in [0.1, 0.15) is 37.4 Å². The Kier molecular flexibility index (Phi) is 4.56. The number of fused-ring (bicyclic) bond motifs is 1. The maximum atomic E-state index is 5.86. The topological polar surface area (TPSA) is 29.8 Å². The number of ether oxygens (including phenoxy) is 1. The van der Waals surface area contributed by atoms with Gasteiger partial charge < -0.3 is 9.14 Å². The third-order valence-corrected chi connectivity index (χ3v) is 4.22. The van der Waals surface area contributed by atoms with Crippen molar-refractivity contribution in [1.82, 2.24) is 14.3 Å². The summed E-state index contributed by atoms with van der Waals surface area (Å²) in [6, 6.07) is 4.19. The van der Waals surface area contributed by atoms with Crippen molar-refractivity contribution in [2.45, 2.75) is 45.8 Å². The first-order chi connectivity index (χ1) is 10.2. The van der Waals surface area contributed by atoms with E-state index in [4.69, 9.17) is 9.72 Å². The Morgan fingerprint density at radius 2 is 2.24 bits per heavy atom. The van der Waals surface area contributed by atoms with Crippen LogP contribution in [0.4, 0.5) is 0 Å². The Bertz CT molecular complexity index is 587. The fourth-order valence-corrected chi connectivity index (χ4v) is 3.01. The van der Waals surface area contributed by atoms with E-state index in [9.17, 15) is 0 Å². The van der Waals surface area contributed by atoms with Gasteiger partial charge in [0.05, 0.1) is 11.8 Å². The van der Waals surface area contributed by atoms with Gasteiger partial charge in [0, 0.05) is 32.1 Å². The van der Waals surface area contributed by atoms with Crippen LogP contribution in [0.3, 0.4) is 0 Å². The average Bonchev–Trinajstić information content (AvgIpc) is 2.89. The van der Waals surface area contributed by atoms with Crippen LogP contribution in [-0.2, 0) is 11.3 Å². The van der Waals surface area contributed by atoms with Crippen molar-refractivity contribution in [1.29, 1.82) is 0 Å². The summed E-state index contributed by atoms with van der Waals surface area (Å²) in [6.45, 7) is 8.20. The maximum Gasteiger partial charge on any atom is 0.137 e. The molecule has 21 heavy (non-hydrogen) atoms. The number of imidazole rings is 1. The summed E-state index contributed by atoms with van der Waals surface area (Å²) in [5.41, 5.74) is 3.42. The highest BCUT2D eigenvalue weighted by Crippen LogP contribution is 2.15. The summed E-state index contributed by atoms with van der Waals surface area (Å²) in [5, 5.41) is 0. The number of hydrogen-bond donors (Lipinski definition) is 0. The lowest BCUT2D eigenvalue weighted by Gasteiger charge is -2.28. The van der Waals surface area contributed by atoms with Crippen molar-refractivity contribution in [2.24, 2.45) is 0 Å². The highest BCUT2D eigenvalue weighted by atomic mass is 16.5. The Morgan fingerprint density at radius 3 is 3.00 bits per heavy atom. The molecule has 0 aliphatic carbocycles. The van der Waals surface area contributed by atoms with Crippen LogP contribution in [0.5, 0.6) is 0 Å². The predicted octanol–water partition coefficient (Wildman–Crippen LogP) is 3.03. The van der Waals surface area contributed by atoms with Gasteiger partial charge >= 0.3 is 0 Å². The maximum absolute atomic E-state index is 5.86. The van der Waals surface area contributed by atoms with Gasteiger partial charge in [-0.15, -0.1) is 0 Å². The van der Waals surface area contributed by atoms with Crippen molar-refractivity contribution in [3.05, 3.63) is 35.8 Å². The molecule has 1 saturated heterocycles. The first-order valence-corrected chi connectivity index (χ1v) is 8.03. The first-order valence-electron chi connectivity index (χ1n) is 8.03. The molecule has 0 spiro atoms. The minimum atomic E-state index is 0.401. The second kappa shape index (κ2) is 6.58. The lowest BCUT2D eigenvalue weighted by atomic mass is 10.1. The number of hydrogen-bond acceptors (Lipinski definition) is 3. The molecule has 4 nitrogen and oxygen atoms in total. The molecule has 0 saturated carbocycles. The van der Waals surface area contributed by atoms with E-state index in [0.717, 1.165) is 37.6 Å². The first kappa shape index (κ1) is 14.5. The number of nitrogens with zero attached hydrogens (tertiary/aromatic N) is 3. The molecule has 2 aromatic heterocycles. The smallest absolute Gasteiger partial charge is 0.137 e. The third-order valence-electron chi connectivity index (χ3n) is 4.22. The zero-order valence-electron chi connectivity index (χ0n) is 13.1. The Hall–Kier alpha value is -1.39. The SMILES string of the molecule is CCN(Cc1cn2cc(C)ccc2n1)C[C@@H]1CCCCO1. The van der Waals surface area contributed by atoms with Gasteiger partial charge in [0.25, 0.3) is 0 Å². The van der Waals surface area contributed by atoms with E-state index < -0.39 is 0 Å². The standard InChI is InChI=1S/C17H25N3O/c1-3-19(13-16-6-4-5-9-21-16)11-15-12-20-10-14(2)7-8-17(20)18-15/h7-8,10,12,16H,3-6,9,11,13H2,1-2H3/t16-/m0/s1. The minimum absolute atomic E-state index is 0.401. The molecule has 3 rings (SSSR count). The van der Waals surface area contributed by atoms with Crippen LogP contribution in [0.15, 0.2) is 24.5 Å². The van der Waals surface area contributed by atoms with Gasteiger partial charge in [-0.05, 0) is 44.4 Å². The Balaban J connectivity index is 1.66. The summed E-state index contributed by atoms with van der Waals surface area (Å²) < 4.78 is 7.98. The monoisotopic (exact) mass is 287 g/mol. The highest BCUT2D eigenvalue weighted by molar-refractivity contribution is 5.41. The number of pyridine rings is 1. The van der Waals surface area contributed by atoms with E-state index >= 15 is 0 Å². The molecule has 114 valence electrons. The van der Waals surface area contributed by atoms with Gasteiger partial charge in [-0.1, -0.05) is 13.0 Å². The molecular formula is C17H25N3O. The van der Waals surface area contributed by atoms with Gasteiger partial charge in [-0.2, -0.15) is 0 Å². The number of rotatable bonds is 5. The van der Waals surface area contributed by atoms with Crippen molar-refractivity contribution >= 4 is 5.65 Å². The number of likely N-dealkylation sites (N-methyl/N-ethyl adjacent to an activating group) is 1. The van der Waals surface area contributed by atoms with E-state index in [1.807, 2.05) is 0 Å². The van der Waals surface area contributed by atoms with Crippen LogP contribution < -0.4 is 0 Å². The van der Waals surface area contributed by atoms with Crippen LogP contribution in [0.2, 0.25) is 0 Å². The molecule has 1 atom stereocenters. The minimum Gasteiger partial charge on any atom is -0.377 e. The lowest BCUT2D eigenvalue weighted by Crippen LogP contribution is -2.35. The molecule has 1 aliphatic heterocycles. The molecule has 0 N–H and O–H groups in total.